The fourth-order valence-electron chi connectivity index (χ4n) is 2.97. The van der Waals surface area contributed by atoms with Crippen LogP contribution in [-0.4, -0.2) is 15.4 Å². The Morgan fingerprint density at radius 2 is 1.84 bits per heavy atom. The Morgan fingerprint density at radius 3 is 2.41 bits per heavy atom. The van der Waals surface area contributed by atoms with Crippen molar-refractivity contribution in [1.82, 2.24) is 4.37 Å². The molecule has 0 spiro atoms. The predicted octanol–water partition coefficient (Wildman–Crippen LogP) is 6.67. The van der Waals surface area contributed by atoms with Crippen molar-refractivity contribution in [2.24, 2.45) is 0 Å². The van der Waals surface area contributed by atoms with Crippen molar-refractivity contribution in [3.63, 3.8) is 0 Å². The van der Waals surface area contributed by atoms with Gasteiger partial charge >= 0.3 is 12.1 Å². The van der Waals surface area contributed by atoms with E-state index in [4.69, 9.17) is 21.4 Å². The van der Waals surface area contributed by atoms with Crippen LogP contribution in [0.5, 0.6) is 5.75 Å². The number of carboxylic acids is 1. The molecule has 0 aliphatic heterocycles. The first-order valence-electron chi connectivity index (χ1n) is 9.12. The molecule has 0 fully saturated rings. The van der Waals surface area contributed by atoms with E-state index in [0.717, 1.165) is 12.1 Å². The lowest BCUT2D eigenvalue weighted by atomic mass is 10.0. The molecular formula is C21H15ClF5NO3S. The van der Waals surface area contributed by atoms with Crippen molar-refractivity contribution in [1.29, 1.82) is 0 Å². The van der Waals surface area contributed by atoms with Crippen LogP contribution in [0.1, 0.15) is 28.0 Å². The van der Waals surface area contributed by atoms with Crippen LogP contribution < -0.4 is 4.74 Å². The van der Waals surface area contributed by atoms with Gasteiger partial charge in [-0.15, -0.1) is 0 Å². The maximum absolute atomic E-state index is 14.4. The standard InChI is InChI=1S/C21H15ClF5NO3S/c1-10-6-12(3-4-14(10)22)18-13(20(32-28-18)21(25,26)27)9-31-19-15(23)7-11(8-16(19)24)2-5-17(29)30/h3-4,6-8H,2,5,9H2,1H3,(H,29,30). The highest BCUT2D eigenvalue weighted by Crippen LogP contribution is 2.41. The Bertz CT molecular complexity index is 1140. The summed E-state index contributed by atoms with van der Waals surface area (Å²) >= 11 is 6.19. The maximum atomic E-state index is 14.4. The molecule has 0 radical (unpaired) electrons. The van der Waals surface area contributed by atoms with E-state index in [1.807, 2.05) is 0 Å². The monoisotopic (exact) mass is 491 g/mol. The van der Waals surface area contributed by atoms with Crippen LogP contribution in [0.3, 0.4) is 0 Å². The number of ether oxygens (including phenoxy) is 1. The van der Waals surface area contributed by atoms with E-state index in [-0.39, 0.29) is 41.2 Å². The van der Waals surface area contributed by atoms with E-state index in [0.29, 0.717) is 16.1 Å². The number of aliphatic carboxylic acids is 1. The third kappa shape index (κ3) is 5.36. The molecule has 1 heterocycles. The van der Waals surface area contributed by atoms with Gasteiger partial charge in [0, 0.05) is 22.6 Å². The fraction of sp³-hybridized carbons (Fsp3) is 0.238. The van der Waals surface area contributed by atoms with Crippen LogP contribution in [-0.2, 0) is 24.0 Å². The summed E-state index contributed by atoms with van der Waals surface area (Å²) < 4.78 is 78.2. The Kier molecular flexibility index (Phi) is 7.04. The van der Waals surface area contributed by atoms with Gasteiger partial charge in [-0.1, -0.05) is 17.7 Å². The zero-order chi connectivity index (χ0) is 23.6. The minimum atomic E-state index is -4.74. The summed E-state index contributed by atoms with van der Waals surface area (Å²) in [4.78, 5) is 9.59. The van der Waals surface area contributed by atoms with Crippen LogP contribution in [0.15, 0.2) is 30.3 Å². The number of alkyl halides is 3. The number of benzene rings is 2. The normalized spacial score (nSPS) is 11.6. The Balaban J connectivity index is 1.94. The van der Waals surface area contributed by atoms with Crippen LogP contribution >= 0.6 is 23.1 Å². The molecule has 0 saturated heterocycles. The topological polar surface area (TPSA) is 59.4 Å². The molecule has 0 unspecified atom stereocenters. The summed E-state index contributed by atoms with van der Waals surface area (Å²) in [5.74, 6) is -4.29. The van der Waals surface area contributed by atoms with Gasteiger partial charge in [0.05, 0.1) is 5.69 Å². The molecule has 1 aromatic heterocycles. The van der Waals surface area contributed by atoms with E-state index < -0.39 is 41.0 Å². The van der Waals surface area contributed by atoms with Gasteiger partial charge in [0.2, 0.25) is 0 Å². The summed E-state index contributed by atoms with van der Waals surface area (Å²) in [6.45, 7) is 0.889. The van der Waals surface area contributed by atoms with Crippen molar-refractivity contribution in [3.8, 4) is 17.0 Å². The highest BCUT2D eigenvalue weighted by Gasteiger charge is 2.38. The largest absolute Gasteiger partial charge is 0.483 e. The van der Waals surface area contributed by atoms with Gasteiger partial charge in [0.25, 0.3) is 0 Å². The first kappa shape index (κ1) is 23.9. The Hall–Kier alpha value is -2.72. The van der Waals surface area contributed by atoms with E-state index in [1.165, 1.54) is 12.1 Å². The van der Waals surface area contributed by atoms with E-state index >= 15 is 0 Å². The SMILES string of the molecule is Cc1cc(-c2nsc(C(F)(F)F)c2COc2c(F)cc(CCC(=O)O)cc2F)ccc1Cl. The quantitative estimate of drug-likeness (QED) is 0.375. The molecule has 0 bridgehead atoms. The number of aryl methyl sites for hydroxylation is 2. The van der Waals surface area contributed by atoms with Gasteiger partial charge in [0.1, 0.15) is 11.5 Å². The molecule has 4 nitrogen and oxygen atoms in total. The predicted molar refractivity (Wildman–Crippen MR) is 109 cm³/mol. The molecule has 3 rings (SSSR count). The van der Waals surface area contributed by atoms with Crippen molar-refractivity contribution < 1.29 is 36.6 Å². The molecule has 2 aromatic carbocycles. The summed E-state index contributed by atoms with van der Waals surface area (Å²) in [6.07, 6.45) is -5.19. The van der Waals surface area contributed by atoms with Crippen LogP contribution in [0.2, 0.25) is 5.02 Å². The first-order valence-corrected chi connectivity index (χ1v) is 10.3. The van der Waals surface area contributed by atoms with Crippen LogP contribution in [0.25, 0.3) is 11.3 Å². The van der Waals surface area contributed by atoms with Crippen molar-refractivity contribution >= 4 is 29.1 Å². The molecule has 170 valence electrons. The van der Waals surface area contributed by atoms with E-state index in [1.54, 1.807) is 13.0 Å². The summed E-state index contributed by atoms with van der Waals surface area (Å²) in [5.41, 5.74) is 0.660. The molecule has 1 N–H and O–H groups in total. The van der Waals surface area contributed by atoms with Crippen molar-refractivity contribution in [2.45, 2.75) is 32.5 Å². The lowest BCUT2D eigenvalue weighted by molar-refractivity contribution is -0.137. The average molecular weight is 492 g/mol. The first-order chi connectivity index (χ1) is 15.0. The van der Waals surface area contributed by atoms with Gasteiger partial charge in [-0.25, -0.2) is 8.78 Å². The second-order valence-corrected chi connectivity index (χ2v) is 8.05. The maximum Gasteiger partial charge on any atom is 0.427 e. The van der Waals surface area contributed by atoms with Gasteiger partial charge in [-0.3, -0.25) is 4.79 Å². The number of hydrogen-bond donors (Lipinski definition) is 1. The van der Waals surface area contributed by atoms with Crippen molar-refractivity contribution in [3.05, 3.63) is 68.6 Å². The minimum absolute atomic E-state index is 0.0269. The molecule has 0 atom stereocenters. The van der Waals surface area contributed by atoms with Gasteiger partial charge in [0.15, 0.2) is 17.4 Å². The Labute approximate surface area is 188 Å². The molecule has 0 amide bonds. The number of halogens is 6. The summed E-state index contributed by atoms with van der Waals surface area (Å²) in [6, 6.07) is 6.34. The fourth-order valence-corrected chi connectivity index (χ4v) is 3.86. The van der Waals surface area contributed by atoms with Gasteiger partial charge in [-0.2, -0.15) is 17.5 Å². The Morgan fingerprint density at radius 1 is 1.19 bits per heavy atom. The summed E-state index contributed by atoms with van der Waals surface area (Å²) in [5, 5.41) is 9.11. The molecule has 32 heavy (non-hydrogen) atoms. The average Bonchev–Trinajstić information content (AvgIpc) is 3.12. The number of nitrogens with zero attached hydrogens (tertiary/aromatic N) is 1. The number of aromatic nitrogens is 1. The second kappa shape index (κ2) is 9.41. The van der Waals surface area contributed by atoms with Crippen LogP contribution in [0.4, 0.5) is 22.0 Å². The highest BCUT2D eigenvalue weighted by molar-refractivity contribution is 7.06. The molecular weight excluding hydrogens is 477 g/mol. The lowest BCUT2D eigenvalue weighted by Crippen LogP contribution is -2.09. The number of hydrogen-bond acceptors (Lipinski definition) is 4. The summed E-state index contributed by atoms with van der Waals surface area (Å²) in [7, 11) is 0. The second-order valence-electron chi connectivity index (χ2n) is 6.87. The zero-order valence-electron chi connectivity index (χ0n) is 16.4. The highest BCUT2D eigenvalue weighted by atomic mass is 35.5. The van der Waals surface area contributed by atoms with Crippen molar-refractivity contribution in [2.75, 3.05) is 0 Å². The third-order valence-electron chi connectivity index (χ3n) is 4.52. The lowest BCUT2D eigenvalue weighted by Gasteiger charge is -2.13. The number of carbonyl (C=O) groups is 1. The number of carboxylic acid groups (broad SMARTS) is 1. The minimum Gasteiger partial charge on any atom is -0.483 e. The molecule has 0 saturated carbocycles. The molecule has 0 aliphatic rings. The van der Waals surface area contributed by atoms with E-state index in [9.17, 15) is 26.7 Å². The number of rotatable bonds is 7. The van der Waals surface area contributed by atoms with Gasteiger partial charge in [-0.05, 0) is 60.3 Å². The van der Waals surface area contributed by atoms with Crippen LogP contribution in [0, 0.1) is 18.6 Å². The third-order valence-corrected chi connectivity index (χ3v) is 5.88. The molecule has 3 aromatic rings. The molecule has 0 aliphatic carbocycles. The van der Waals surface area contributed by atoms with E-state index in [2.05, 4.69) is 4.37 Å². The van der Waals surface area contributed by atoms with Gasteiger partial charge < -0.3 is 9.84 Å². The smallest absolute Gasteiger partial charge is 0.427 e. The zero-order valence-corrected chi connectivity index (χ0v) is 18.0. The molecule has 11 heteroatoms.